The van der Waals surface area contributed by atoms with Crippen molar-refractivity contribution in [3.05, 3.63) is 23.1 Å². The molecule has 0 atom stereocenters. The summed E-state index contributed by atoms with van der Waals surface area (Å²) in [5.74, 6) is -0.0551. The number of esters is 1. The van der Waals surface area contributed by atoms with Gasteiger partial charge in [-0.2, -0.15) is 0 Å². The first-order chi connectivity index (χ1) is 9.06. The van der Waals surface area contributed by atoms with E-state index in [4.69, 9.17) is 10.5 Å². The van der Waals surface area contributed by atoms with Crippen molar-refractivity contribution in [3.8, 4) is 0 Å². The first-order valence-corrected chi connectivity index (χ1v) is 7.39. The highest BCUT2D eigenvalue weighted by Gasteiger charge is 2.25. The van der Waals surface area contributed by atoms with Crippen LogP contribution in [-0.4, -0.2) is 31.3 Å². The Kier molecular flexibility index (Phi) is 5.91. The maximum atomic E-state index is 11.9. The first kappa shape index (κ1) is 15.6. The number of anilines is 1. The van der Waals surface area contributed by atoms with Crippen molar-refractivity contribution in [2.45, 2.75) is 11.1 Å². The fraction of sp³-hybridized carbons (Fsp3) is 0.333. The number of thioether (sulfide) groups is 1. The van der Waals surface area contributed by atoms with Gasteiger partial charge in [-0.3, -0.25) is 4.79 Å². The van der Waals surface area contributed by atoms with Gasteiger partial charge in [0.2, 0.25) is 0 Å². The number of hydrogen-bond donors (Lipinski definition) is 2. The van der Waals surface area contributed by atoms with Crippen LogP contribution in [0.15, 0.2) is 16.9 Å². The highest BCUT2D eigenvalue weighted by molar-refractivity contribution is 8.01. The Bertz CT molecular complexity index is 497. The average molecular weight is 300 g/mol. The monoisotopic (exact) mass is 300 g/mol. The van der Waals surface area contributed by atoms with Crippen molar-refractivity contribution >= 4 is 40.7 Å². The molecule has 0 saturated heterocycles. The molecule has 1 aromatic heterocycles. The summed E-state index contributed by atoms with van der Waals surface area (Å²) in [7, 11) is 1.29. The second-order valence-corrected chi connectivity index (χ2v) is 5.98. The lowest BCUT2D eigenvalue weighted by Gasteiger charge is -2.02. The van der Waals surface area contributed by atoms with E-state index >= 15 is 0 Å². The number of amides is 1. The van der Waals surface area contributed by atoms with Gasteiger partial charge in [0.15, 0.2) is 0 Å². The molecular weight excluding hydrogens is 284 g/mol. The molecule has 1 aromatic rings. The van der Waals surface area contributed by atoms with Gasteiger partial charge in [0.05, 0.1) is 17.0 Å². The largest absolute Gasteiger partial charge is 0.465 e. The molecule has 19 heavy (non-hydrogen) atoms. The van der Waals surface area contributed by atoms with E-state index in [2.05, 4.69) is 11.9 Å². The molecule has 0 unspecified atom stereocenters. The zero-order chi connectivity index (χ0) is 14.4. The molecule has 1 heterocycles. The standard InChI is InChI=1S/C12H16N2O3S2/c1-4-6-14-10(15)9-8(13)7(11(16)17-3)12(19-9)18-5-2/h4H,1,5-6,13H2,2-3H3,(H,14,15). The van der Waals surface area contributed by atoms with Gasteiger partial charge in [-0.1, -0.05) is 13.0 Å². The van der Waals surface area contributed by atoms with Crippen LogP contribution in [0.1, 0.15) is 27.0 Å². The molecule has 0 radical (unpaired) electrons. The number of nitrogens with two attached hydrogens (primary N) is 1. The summed E-state index contributed by atoms with van der Waals surface area (Å²) in [4.78, 5) is 24.0. The van der Waals surface area contributed by atoms with Crippen molar-refractivity contribution < 1.29 is 14.3 Å². The van der Waals surface area contributed by atoms with Crippen LogP contribution in [0.25, 0.3) is 0 Å². The van der Waals surface area contributed by atoms with Crippen LogP contribution < -0.4 is 11.1 Å². The van der Waals surface area contributed by atoms with E-state index in [1.54, 1.807) is 6.08 Å². The predicted octanol–water partition coefficient (Wildman–Crippen LogP) is 2.14. The zero-order valence-electron chi connectivity index (χ0n) is 10.8. The highest BCUT2D eigenvalue weighted by atomic mass is 32.2. The van der Waals surface area contributed by atoms with Gasteiger partial charge in [-0.15, -0.1) is 29.7 Å². The van der Waals surface area contributed by atoms with Crippen LogP contribution in [0.2, 0.25) is 0 Å². The van der Waals surface area contributed by atoms with Gasteiger partial charge >= 0.3 is 5.97 Å². The van der Waals surface area contributed by atoms with Gasteiger partial charge in [0, 0.05) is 6.54 Å². The van der Waals surface area contributed by atoms with Crippen LogP contribution in [0, 0.1) is 0 Å². The maximum Gasteiger partial charge on any atom is 0.342 e. The normalized spacial score (nSPS) is 10.0. The van der Waals surface area contributed by atoms with E-state index in [0.717, 1.165) is 5.75 Å². The molecule has 0 aromatic carbocycles. The van der Waals surface area contributed by atoms with Crippen molar-refractivity contribution in [1.82, 2.24) is 5.32 Å². The molecule has 7 heteroatoms. The number of methoxy groups -OCH3 is 1. The summed E-state index contributed by atoms with van der Waals surface area (Å²) in [6, 6.07) is 0. The Hall–Kier alpha value is -1.47. The molecule has 0 aliphatic carbocycles. The van der Waals surface area contributed by atoms with Crippen LogP contribution >= 0.6 is 23.1 Å². The molecule has 1 rings (SSSR count). The summed E-state index contributed by atoms with van der Waals surface area (Å²) >= 11 is 2.66. The SMILES string of the molecule is C=CCNC(=O)c1sc(SCC)c(C(=O)OC)c1N. The number of ether oxygens (including phenoxy) is 1. The summed E-state index contributed by atoms with van der Waals surface area (Å²) in [5, 5.41) is 2.64. The molecule has 104 valence electrons. The lowest BCUT2D eigenvalue weighted by atomic mass is 10.2. The molecule has 0 bridgehead atoms. The van der Waals surface area contributed by atoms with Gasteiger partial charge in [0.1, 0.15) is 10.4 Å². The minimum Gasteiger partial charge on any atom is -0.465 e. The Balaban J connectivity index is 3.16. The highest BCUT2D eigenvalue weighted by Crippen LogP contribution is 2.38. The summed E-state index contributed by atoms with van der Waals surface area (Å²) in [6.45, 7) is 5.83. The Morgan fingerprint density at radius 1 is 1.58 bits per heavy atom. The third kappa shape index (κ3) is 3.51. The van der Waals surface area contributed by atoms with Gasteiger partial charge in [-0.25, -0.2) is 4.79 Å². The molecule has 0 fully saturated rings. The van der Waals surface area contributed by atoms with Crippen LogP contribution in [-0.2, 0) is 4.74 Å². The smallest absolute Gasteiger partial charge is 0.342 e. The van der Waals surface area contributed by atoms with E-state index in [-0.39, 0.29) is 17.2 Å². The Labute approximate surface area is 120 Å². The Morgan fingerprint density at radius 2 is 2.26 bits per heavy atom. The third-order valence-electron chi connectivity index (χ3n) is 2.19. The Morgan fingerprint density at radius 3 is 2.79 bits per heavy atom. The van der Waals surface area contributed by atoms with Gasteiger partial charge in [0.25, 0.3) is 5.91 Å². The third-order valence-corrected chi connectivity index (χ3v) is 4.55. The lowest BCUT2D eigenvalue weighted by Crippen LogP contribution is -2.23. The van der Waals surface area contributed by atoms with Crippen molar-refractivity contribution in [2.75, 3.05) is 25.1 Å². The number of thiophene rings is 1. The summed E-state index contributed by atoms with van der Waals surface area (Å²) in [6.07, 6.45) is 1.57. The number of hydrogen-bond acceptors (Lipinski definition) is 6. The fourth-order valence-corrected chi connectivity index (χ4v) is 3.66. The molecule has 3 N–H and O–H groups in total. The number of nitrogens with one attached hydrogen (secondary N) is 1. The van der Waals surface area contributed by atoms with E-state index in [9.17, 15) is 9.59 Å². The minimum atomic E-state index is -0.521. The van der Waals surface area contributed by atoms with Crippen LogP contribution in [0.4, 0.5) is 5.69 Å². The molecule has 0 aliphatic rings. The maximum absolute atomic E-state index is 11.9. The molecule has 0 aliphatic heterocycles. The van der Waals surface area contributed by atoms with Crippen molar-refractivity contribution in [3.63, 3.8) is 0 Å². The predicted molar refractivity (Wildman–Crippen MR) is 79.0 cm³/mol. The number of rotatable bonds is 6. The quantitative estimate of drug-likeness (QED) is 0.478. The second-order valence-electron chi connectivity index (χ2n) is 3.43. The topological polar surface area (TPSA) is 81.4 Å². The number of carbonyl (C=O) groups excluding carboxylic acids is 2. The van der Waals surface area contributed by atoms with E-state index in [1.165, 1.54) is 30.2 Å². The van der Waals surface area contributed by atoms with E-state index in [1.807, 2.05) is 6.92 Å². The molecule has 0 saturated carbocycles. The second kappa shape index (κ2) is 7.20. The fourth-order valence-electron chi connectivity index (χ4n) is 1.36. The molecule has 1 amide bonds. The van der Waals surface area contributed by atoms with Crippen LogP contribution in [0.5, 0.6) is 0 Å². The van der Waals surface area contributed by atoms with Crippen molar-refractivity contribution in [1.29, 1.82) is 0 Å². The van der Waals surface area contributed by atoms with E-state index < -0.39 is 5.97 Å². The van der Waals surface area contributed by atoms with Gasteiger partial charge in [-0.05, 0) is 5.75 Å². The zero-order valence-corrected chi connectivity index (χ0v) is 12.5. The lowest BCUT2D eigenvalue weighted by molar-refractivity contribution is 0.0599. The number of nitrogen functional groups attached to an aromatic ring is 1. The molecular formula is C12H16N2O3S2. The van der Waals surface area contributed by atoms with Gasteiger partial charge < -0.3 is 15.8 Å². The summed E-state index contributed by atoms with van der Waals surface area (Å²) < 4.78 is 5.41. The van der Waals surface area contributed by atoms with Crippen LogP contribution in [0.3, 0.4) is 0 Å². The molecule has 5 nitrogen and oxygen atoms in total. The molecule has 0 spiro atoms. The minimum absolute atomic E-state index is 0.175. The van der Waals surface area contributed by atoms with Crippen molar-refractivity contribution in [2.24, 2.45) is 0 Å². The van der Waals surface area contributed by atoms with E-state index in [0.29, 0.717) is 15.6 Å². The first-order valence-electron chi connectivity index (χ1n) is 5.59. The average Bonchev–Trinajstić information content (AvgIpc) is 2.72. The summed E-state index contributed by atoms with van der Waals surface area (Å²) in [5.41, 5.74) is 6.35. The number of carbonyl (C=O) groups is 2.